The van der Waals surface area contributed by atoms with Crippen LogP contribution in [0.2, 0.25) is 0 Å². The molecule has 1 aromatic carbocycles. The Morgan fingerprint density at radius 2 is 1.73 bits per heavy atom. The molecule has 238 valence electrons. The highest BCUT2D eigenvalue weighted by Gasteiger charge is 2.55. The second-order valence-corrected chi connectivity index (χ2v) is 15.1. The highest BCUT2D eigenvalue weighted by molar-refractivity contribution is 8.00. The molecule has 4 atom stereocenters. The lowest BCUT2D eigenvalue weighted by atomic mass is 10.0. The summed E-state index contributed by atoms with van der Waals surface area (Å²) in [6.07, 6.45) is 1.31. The number of sulfone groups is 1. The third kappa shape index (κ3) is 6.36. The lowest BCUT2D eigenvalue weighted by Crippen LogP contribution is -2.71. The largest absolute Gasteiger partial charge is 0.477 e. The van der Waals surface area contributed by atoms with Gasteiger partial charge in [-0.1, -0.05) is 30.3 Å². The van der Waals surface area contributed by atoms with Crippen molar-refractivity contribution in [2.45, 2.75) is 29.8 Å². The minimum Gasteiger partial charge on any atom is -0.477 e. The Labute approximate surface area is 255 Å². The fourth-order valence-corrected chi connectivity index (χ4v) is 8.75. The predicted molar refractivity (Wildman–Crippen MR) is 151 cm³/mol. The first-order valence-corrected chi connectivity index (χ1v) is 17.5. The van der Waals surface area contributed by atoms with Crippen LogP contribution in [0.5, 0.6) is 0 Å². The average Bonchev–Trinajstić information content (AvgIpc) is 3.31. The molecule has 0 bridgehead atoms. The monoisotopic (exact) mass is 673 g/mol. The number of thioether (sulfide) groups is 1. The summed E-state index contributed by atoms with van der Waals surface area (Å²) in [4.78, 5) is 77.1. The van der Waals surface area contributed by atoms with Gasteiger partial charge >= 0.3 is 24.0 Å². The van der Waals surface area contributed by atoms with Crippen LogP contribution in [-0.2, 0) is 43.8 Å². The number of hydrogen-bond acceptors (Lipinski definition) is 12. The van der Waals surface area contributed by atoms with Crippen LogP contribution >= 0.6 is 11.8 Å². The van der Waals surface area contributed by atoms with Gasteiger partial charge in [-0.3, -0.25) is 19.3 Å². The quantitative estimate of drug-likeness (QED) is 0.207. The second kappa shape index (κ2) is 12.1. The third-order valence-corrected chi connectivity index (χ3v) is 10.7. The molecule has 3 N–H and O–H groups in total. The molecule has 3 aliphatic heterocycles. The number of carbonyl (C=O) groups is 6. The molecule has 2 unspecified atom stereocenters. The summed E-state index contributed by atoms with van der Waals surface area (Å²) in [7, 11) is -8.58. The number of aliphatic carboxylic acids is 1. The Morgan fingerprint density at radius 1 is 1.09 bits per heavy atom. The van der Waals surface area contributed by atoms with Gasteiger partial charge in [0, 0.05) is 24.5 Å². The summed E-state index contributed by atoms with van der Waals surface area (Å²) in [5.74, 6) is -3.71. The summed E-state index contributed by atoms with van der Waals surface area (Å²) in [6.45, 7) is -0.0341. The van der Waals surface area contributed by atoms with Crippen molar-refractivity contribution in [2.75, 3.05) is 31.4 Å². The Bertz CT molecular complexity index is 1680. The number of imide groups is 1. The number of nitrogens with zero attached hydrogens (tertiary/aromatic N) is 3. The number of β-lactam (4-membered cyclic amide) rings is 1. The van der Waals surface area contributed by atoms with Crippen molar-refractivity contribution in [1.82, 2.24) is 24.7 Å². The van der Waals surface area contributed by atoms with Crippen molar-refractivity contribution in [3.8, 4) is 0 Å². The first-order valence-electron chi connectivity index (χ1n) is 12.6. The number of urea groups is 2. The van der Waals surface area contributed by atoms with E-state index in [1.54, 1.807) is 6.07 Å². The van der Waals surface area contributed by atoms with Crippen molar-refractivity contribution < 1.29 is 55.4 Å². The van der Waals surface area contributed by atoms with E-state index in [9.17, 15) is 50.7 Å². The number of sulfonamides is 1. The number of fused-ring (bicyclic) bond motifs is 1. The molecule has 3 heterocycles. The van der Waals surface area contributed by atoms with Crippen LogP contribution in [0, 0.1) is 0 Å². The van der Waals surface area contributed by atoms with Gasteiger partial charge in [0.05, 0.1) is 12.8 Å². The molecule has 3 aliphatic rings. The fourth-order valence-electron chi connectivity index (χ4n) is 4.75. The van der Waals surface area contributed by atoms with Gasteiger partial charge in [-0.05, 0) is 5.56 Å². The highest BCUT2D eigenvalue weighted by Crippen LogP contribution is 2.40. The zero-order valence-electron chi connectivity index (χ0n) is 23.3. The molecule has 6 amide bonds. The van der Waals surface area contributed by atoms with Crippen LogP contribution < -0.4 is 10.6 Å². The van der Waals surface area contributed by atoms with Crippen molar-refractivity contribution in [1.29, 1.82) is 0 Å². The maximum absolute atomic E-state index is 13.5. The van der Waals surface area contributed by atoms with E-state index in [2.05, 4.69) is 10.6 Å². The summed E-state index contributed by atoms with van der Waals surface area (Å²) in [5.41, 5.74) is 0.00785. The van der Waals surface area contributed by atoms with E-state index < -0.39 is 85.1 Å². The Morgan fingerprint density at radius 3 is 2.25 bits per heavy atom. The number of benzene rings is 1. The van der Waals surface area contributed by atoms with Crippen molar-refractivity contribution in [3.63, 3.8) is 0 Å². The van der Waals surface area contributed by atoms with Crippen LogP contribution in [0.15, 0.2) is 41.6 Å². The van der Waals surface area contributed by atoms with Gasteiger partial charge in [-0.25, -0.2) is 40.4 Å². The number of carbonyl (C=O) groups excluding carboxylic acids is 5. The first kappa shape index (κ1) is 32.7. The molecule has 0 aliphatic carbocycles. The maximum atomic E-state index is 13.5. The Kier molecular flexibility index (Phi) is 8.99. The summed E-state index contributed by atoms with van der Waals surface area (Å²) in [5, 5.41) is 11.8. The molecule has 0 radical (unpaired) electrons. The Balaban J connectivity index is 1.56. The lowest BCUT2D eigenvalue weighted by molar-refractivity contribution is -0.151. The molecule has 17 nitrogen and oxygen atoms in total. The minimum absolute atomic E-state index is 0.0734. The lowest BCUT2D eigenvalue weighted by Gasteiger charge is -2.49. The van der Waals surface area contributed by atoms with E-state index in [0.717, 1.165) is 23.6 Å². The standard InChI is InChI=1S/C24H27N5O12S3/c1-12(30)41-10-14-11-42-21-17(20(32)28(21)18(14)22(33)34)25-19(31)16(13-7-5-4-6-8-13)26-23(35)27-9-15(43(2,37)38)29(24(27)36)44(3,39)40/h4-8,15-17,21H,9-11H2,1-3H3,(H,25,31)(H,26,35)(H,33,34)/t15?,16-,17?,21-/m1/s1. The van der Waals surface area contributed by atoms with Gasteiger partial charge in [0.1, 0.15) is 29.8 Å². The normalized spacial score (nSPS) is 22.6. The van der Waals surface area contributed by atoms with Crippen molar-refractivity contribution in [2.24, 2.45) is 0 Å². The number of carboxylic acids is 1. The smallest absolute Gasteiger partial charge is 0.352 e. The molecular weight excluding hydrogens is 646 g/mol. The van der Waals surface area contributed by atoms with E-state index in [1.165, 1.54) is 24.3 Å². The second-order valence-electron chi connectivity index (χ2n) is 9.96. The maximum Gasteiger partial charge on any atom is 0.352 e. The molecule has 0 spiro atoms. The Hall–Kier alpha value is -4.17. The van der Waals surface area contributed by atoms with Crippen LogP contribution in [0.3, 0.4) is 0 Å². The molecule has 0 saturated carbocycles. The molecule has 44 heavy (non-hydrogen) atoms. The van der Waals surface area contributed by atoms with Crippen LogP contribution in [0.25, 0.3) is 0 Å². The van der Waals surface area contributed by atoms with Gasteiger partial charge < -0.3 is 20.5 Å². The van der Waals surface area contributed by atoms with Crippen LogP contribution in [-0.4, -0.2) is 120 Å². The first-order chi connectivity index (χ1) is 20.4. The van der Waals surface area contributed by atoms with Gasteiger partial charge in [-0.15, -0.1) is 11.8 Å². The number of ether oxygens (including phenoxy) is 1. The molecule has 2 fully saturated rings. The topological polar surface area (TPSA) is 234 Å². The number of rotatable bonds is 9. The predicted octanol–water partition coefficient (Wildman–Crippen LogP) is -1.19. The average molecular weight is 674 g/mol. The number of hydrogen-bond donors (Lipinski definition) is 3. The van der Waals surface area contributed by atoms with E-state index in [0.29, 0.717) is 17.4 Å². The van der Waals surface area contributed by atoms with Crippen molar-refractivity contribution in [3.05, 3.63) is 47.2 Å². The number of carboxylic acid groups (broad SMARTS) is 1. The number of nitrogens with one attached hydrogen (secondary N) is 2. The molecular formula is C24H27N5O12S3. The highest BCUT2D eigenvalue weighted by atomic mass is 32.2. The van der Waals surface area contributed by atoms with E-state index >= 15 is 0 Å². The van der Waals surface area contributed by atoms with E-state index in [1.807, 2.05) is 0 Å². The zero-order chi connectivity index (χ0) is 32.7. The number of esters is 1. The molecule has 0 aromatic heterocycles. The van der Waals surface area contributed by atoms with E-state index in [-0.39, 0.29) is 33.5 Å². The minimum atomic E-state index is -4.41. The third-order valence-electron chi connectivity index (χ3n) is 6.78. The van der Waals surface area contributed by atoms with Crippen LogP contribution in [0.4, 0.5) is 9.59 Å². The summed E-state index contributed by atoms with van der Waals surface area (Å²) >= 11 is 1.11. The zero-order valence-corrected chi connectivity index (χ0v) is 25.8. The molecule has 2 saturated heterocycles. The fraction of sp³-hybridized carbons (Fsp3) is 0.417. The van der Waals surface area contributed by atoms with Gasteiger partial charge in [0.15, 0.2) is 15.2 Å². The molecule has 20 heteroatoms. The molecule has 1 aromatic rings. The molecule has 4 rings (SSSR count). The van der Waals surface area contributed by atoms with Gasteiger partial charge in [0.25, 0.3) is 5.91 Å². The summed E-state index contributed by atoms with van der Waals surface area (Å²) < 4.78 is 53.8. The van der Waals surface area contributed by atoms with Crippen LogP contribution in [0.1, 0.15) is 18.5 Å². The van der Waals surface area contributed by atoms with Gasteiger partial charge in [0.2, 0.25) is 15.9 Å². The number of amides is 6. The SMILES string of the molecule is CC(=O)OCC1=C(C(=O)O)N2C(=O)C(NC(=O)[C@H](NC(=O)N3CC(S(C)(=O)=O)N(S(C)(=O)=O)C3=O)c3ccccc3)[C@H]2SC1. The van der Waals surface area contributed by atoms with Crippen molar-refractivity contribution >= 4 is 67.4 Å². The summed E-state index contributed by atoms with van der Waals surface area (Å²) in [6, 6.07) is 2.11. The van der Waals surface area contributed by atoms with Gasteiger partial charge in [-0.2, -0.15) is 0 Å². The van der Waals surface area contributed by atoms with E-state index in [4.69, 9.17) is 4.74 Å².